The molecule has 8 heteroatoms. The number of aliphatic hydroxyl groups is 1. The minimum absolute atomic E-state index is 0.0298. The van der Waals surface area contributed by atoms with Crippen molar-refractivity contribution in [2.45, 2.75) is 31.8 Å². The van der Waals surface area contributed by atoms with Crippen LogP contribution in [0.2, 0.25) is 5.02 Å². The number of hydrogen-bond acceptors (Lipinski definition) is 5. The highest BCUT2D eigenvalue weighted by Gasteiger charge is 2.29. The molecule has 2 unspecified atom stereocenters. The van der Waals surface area contributed by atoms with Crippen molar-refractivity contribution in [1.82, 2.24) is 10.2 Å². The second-order valence-electron chi connectivity index (χ2n) is 7.16. The third kappa shape index (κ3) is 5.12. The van der Waals surface area contributed by atoms with Crippen LogP contribution in [-0.2, 0) is 11.2 Å². The van der Waals surface area contributed by atoms with Gasteiger partial charge in [0.25, 0.3) is 5.91 Å². The molecular formula is C19H25ClN2O5. The van der Waals surface area contributed by atoms with Crippen molar-refractivity contribution < 1.29 is 24.5 Å². The van der Waals surface area contributed by atoms with Crippen LogP contribution in [0.4, 0.5) is 0 Å². The van der Waals surface area contributed by atoms with Crippen molar-refractivity contribution in [1.29, 1.82) is 0 Å². The number of amides is 1. The van der Waals surface area contributed by atoms with Gasteiger partial charge in [0.15, 0.2) is 0 Å². The Labute approximate surface area is 163 Å². The summed E-state index contributed by atoms with van der Waals surface area (Å²) in [6.45, 7) is 2.87. The van der Waals surface area contributed by atoms with Gasteiger partial charge in [-0.25, -0.2) is 0 Å². The molecule has 0 radical (unpaired) electrons. The van der Waals surface area contributed by atoms with Crippen molar-refractivity contribution in [3.63, 3.8) is 0 Å². The summed E-state index contributed by atoms with van der Waals surface area (Å²) in [6.07, 6.45) is 1.65. The van der Waals surface area contributed by atoms with Crippen molar-refractivity contribution >= 4 is 23.5 Å². The molecule has 148 valence electrons. The topological polar surface area (TPSA) is 99.1 Å². The molecule has 0 aliphatic carbocycles. The van der Waals surface area contributed by atoms with Crippen LogP contribution in [0.5, 0.6) is 5.75 Å². The lowest BCUT2D eigenvalue weighted by molar-refractivity contribution is -0.137. The van der Waals surface area contributed by atoms with E-state index in [-0.39, 0.29) is 18.2 Å². The number of carbonyl (C=O) groups is 2. The van der Waals surface area contributed by atoms with E-state index in [0.29, 0.717) is 49.0 Å². The van der Waals surface area contributed by atoms with Crippen LogP contribution in [0, 0.1) is 5.92 Å². The number of halogens is 1. The van der Waals surface area contributed by atoms with E-state index >= 15 is 0 Å². The lowest BCUT2D eigenvalue weighted by atomic mass is 9.93. The average Bonchev–Trinajstić information content (AvgIpc) is 3.08. The molecule has 0 spiro atoms. The van der Waals surface area contributed by atoms with Gasteiger partial charge in [-0.2, -0.15) is 0 Å². The number of rotatable bonds is 7. The van der Waals surface area contributed by atoms with E-state index in [2.05, 4.69) is 10.2 Å². The van der Waals surface area contributed by atoms with E-state index in [1.165, 1.54) is 0 Å². The number of nitrogens with one attached hydrogen (secondary N) is 1. The Bertz CT molecular complexity index is 712. The lowest BCUT2D eigenvalue weighted by Crippen LogP contribution is -2.47. The van der Waals surface area contributed by atoms with Gasteiger partial charge in [-0.1, -0.05) is 11.6 Å². The number of carbonyl (C=O) groups excluding carboxylic acids is 1. The van der Waals surface area contributed by atoms with Crippen LogP contribution in [-0.4, -0.2) is 65.9 Å². The highest BCUT2D eigenvalue weighted by atomic mass is 35.5. The predicted molar refractivity (Wildman–Crippen MR) is 100 cm³/mol. The van der Waals surface area contributed by atoms with Crippen molar-refractivity contribution in [3.05, 3.63) is 28.3 Å². The summed E-state index contributed by atoms with van der Waals surface area (Å²) in [5.74, 6) is -0.472. The number of nitrogens with zero attached hydrogens (tertiary/aromatic N) is 1. The van der Waals surface area contributed by atoms with Crippen molar-refractivity contribution in [3.8, 4) is 5.75 Å². The first-order valence-electron chi connectivity index (χ1n) is 9.29. The monoisotopic (exact) mass is 396 g/mol. The summed E-state index contributed by atoms with van der Waals surface area (Å²) in [7, 11) is 0. The van der Waals surface area contributed by atoms with Crippen LogP contribution < -0.4 is 10.1 Å². The van der Waals surface area contributed by atoms with E-state index in [4.69, 9.17) is 21.4 Å². The number of β-amino-alcohol motifs (C(OH)–C–C–N with tert-alkyl or cyclic N) is 1. The third-order valence-corrected chi connectivity index (χ3v) is 5.41. The second-order valence-corrected chi connectivity index (χ2v) is 7.60. The Morgan fingerprint density at radius 2 is 2.19 bits per heavy atom. The Morgan fingerprint density at radius 1 is 1.37 bits per heavy atom. The molecule has 2 aliphatic rings. The normalized spacial score (nSPS) is 22.1. The molecule has 7 nitrogen and oxygen atoms in total. The molecule has 1 saturated heterocycles. The number of benzene rings is 1. The van der Waals surface area contributed by atoms with E-state index < -0.39 is 12.1 Å². The number of fused-ring (bicyclic) bond motifs is 1. The molecule has 1 amide bonds. The standard InChI is InChI=1S/C19H25ClN2O5/c20-14-8-12-4-7-27-18(12)15(9-14)19(26)21-10-13-3-6-22(11-16(13)23)5-1-2-17(24)25/h8-9,13,16,23H,1-7,10-11H2,(H,21,26)(H,24,25). The predicted octanol–water partition coefficient (Wildman–Crippen LogP) is 1.55. The summed E-state index contributed by atoms with van der Waals surface area (Å²) in [6, 6.07) is 3.44. The Morgan fingerprint density at radius 3 is 2.93 bits per heavy atom. The van der Waals surface area contributed by atoms with E-state index in [0.717, 1.165) is 24.9 Å². The van der Waals surface area contributed by atoms with Crippen LogP contribution in [0.15, 0.2) is 12.1 Å². The average molecular weight is 397 g/mol. The summed E-state index contributed by atoms with van der Waals surface area (Å²) in [4.78, 5) is 25.2. The fourth-order valence-corrected chi connectivity index (χ4v) is 3.94. The minimum atomic E-state index is -0.801. The molecule has 0 aromatic heterocycles. The summed E-state index contributed by atoms with van der Waals surface area (Å²) in [5.41, 5.74) is 1.39. The molecule has 3 N–H and O–H groups in total. The van der Waals surface area contributed by atoms with Crippen LogP contribution in [0.25, 0.3) is 0 Å². The van der Waals surface area contributed by atoms with Gasteiger partial charge in [-0.05, 0) is 43.6 Å². The lowest BCUT2D eigenvalue weighted by Gasteiger charge is -2.36. The molecule has 1 aromatic carbocycles. The molecule has 2 heterocycles. The zero-order valence-electron chi connectivity index (χ0n) is 15.1. The zero-order chi connectivity index (χ0) is 19.4. The summed E-state index contributed by atoms with van der Waals surface area (Å²) >= 11 is 6.10. The van der Waals surface area contributed by atoms with Crippen molar-refractivity contribution in [2.24, 2.45) is 5.92 Å². The number of hydrogen-bond donors (Lipinski definition) is 3. The highest BCUT2D eigenvalue weighted by molar-refractivity contribution is 6.31. The number of likely N-dealkylation sites (tertiary alicyclic amines) is 1. The molecule has 1 aromatic rings. The van der Waals surface area contributed by atoms with Gasteiger partial charge in [0.05, 0.1) is 18.3 Å². The number of carboxylic acids is 1. The smallest absolute Gasteiger partial charge is 0.303 e. The molecule has 2 atom stereocenters. The van der Waals surface area contributed by atoms with Gasteiger partial charge in [0.1, 0.15) is 5.75 Å². The van der Waals surface area contributed by atoms with Crippen molar-refractivity contribution in [2.75, 3.05) is 32.8 Å². The van der Waals surface area contributed by atoms with E-state index in [9.17, 15) is 14.7 Å². The van der Waals surface area contributed by atoms with Gasteiger partial charge in [-0.3, -0.25) is 9.59 Å². The number of ether oxygens (including phenoxy) is 1. The Hall–Kier alpha value is -1.83. The summed E-state index contributed by atoms with van der Waals surface area (Å²) in [5, 5.41) is 22.5. The Balaban J connectivity index is 1.50. The van der Waals surface area contributed by atoms with Gasteiger partial charge >= 0.3 is 5.97 Å². The van der Waals surface area contributed by atoms with Crippen LogP contribution in [0.1, 0.15) is 35.2 Å². The maximum absolute atomic E-state index is 12.6. The molecule has 0 bridgehead atoms. The fourth-order valence-electron chi connectivity index (χ4n) is 3.70. The molecule has 3 rings (SSSR count). The van der Waals surface area contributed by atoms with Crippen LogP contribution in [0.3, 0.4) is 0 Å². The minimum Gasteiger partial charge on any atom is -0.492 e. The van der Waals surface area contributed by atoms with Gasteiger partial charge in [0.2, 0.25) is 0 Å². The molecular weight excluding hydrogens is 372 g/mol. The maximum Gasteiger partial charge on any atom is 0.303 e. The third-order valence-electron chi connectivity index (χ3n) is 5.19. The number of aliphatic carboxylic acids is 1. The SMILES string of the molecule is O=C(O)CCCN1CCC(CNC(=O)c2cc(Cl)cc3c2OCC3)C(O)C1. The largest absolute Gasteiger partial charge is 0.492 e. The van der Waals surface area contributed by atoms with Gasteiger partial charge in [0, 0.05) is 36.9 Å². The highest BCUT2D eigenvalue weighted by Crippen LogP contribution is 2.32. The molecule has 27 heavy (non-hydrogen) atoms. The fraction of sp³-hybridized carbons (Fsp3) is 0.579. The molecule has 1 fully saturated rings. The number of aliphatic hydroxyl groups excluding tert-OH is 1. The van der Waals surface area contributed by atoms with Gasteiger partial charge in [-0.15, -0.1) is 0 Å². The quantitative estimate of drug-likeness (QED) is 0.646. The van der Waals surface area contributed by atoms with Crippen LogP contribution >= 0.6 is 11.6 Å². The zero-order valence-corrected chi connectivity index (χ0v) is 15.9. The first-order valence-corrected chi connectivity index (χ1v) is 9.67. The molecule has 0 saturated carbocycles. The number of piperidine rings is 1. The van der Waals surface area contributed by atoms with Gasteiger partial charge < -0.3 is 25.2 Å². The maximum atomic E-state index is 12.6. The second kappa shape index (κ2) is 8.91. The Kier molecular flexibility index (Phi) is 6.57. The first-order chi connectivity index (χ1) is 12.9. The number of carboxylic acid groups (broad SMARTS) is 1. The first kappa shape index (κ1) is 19.9. The summed E-state index contributed by atoms with van der Waals surface area (Å²) < 4.78 is 5.57. The van der Waals surface area contributed by atoms with E-state index in [1.54, 1.807) is 6.07 Å². The molecule has 2 aliphatic heterocycles. The van der Waals surface area contributed by atoms with E-state index in [1.807, 2.05) is 6.07 Å².